The predicted octanol–water partition coefficient (Wildman–Crippen LogP) is 0.617. The first-order valence-electron chi connectivity index (χ1n) is 4.26. The molecule has 1 N–H and O–H groups in total. The van der Waals surface area contributed by atoms with Crippen LogP contribution < -0.4 is 5.32 Å². The van der Waals surface area contributed by atoms with E-state index in [9.17, 15) is 8.42 Å². The summed E-state index contributed by atoms with van der Waals surface area (Å²) < 4.78 is 22.6. The fourth-order valence-corrected chi connectivity index (χ4v) is 3.03. The van der Waals surface area contributed by atoms with Crippen LogP contribution in [0.2, 0.25) is 0 Å². The van der Waals surface area contributed by atoms with Crippen molar-refractivity contribution in [2.24, 2.45) is 0 Å². The van der Waals surface area contributed by atoms with E-state index < -0.39 is 9.84 Å². The second-order valence-corrected chi connectivity index (χ2v) is 6.39. The Morgan fingerprint density at radius 1 is 1.50 bits per heavy atom. The topological polar surface area (TPSA) is 59.1 Å². The Morgan fingerprint density at radius 2 is 2.14 bits per heavy atom. The highest BCUT2D eigenvalue weighted by molar-refractivity contribution is 7.92. The number of sulfone groups is 1. The number of rotatable bonds is 4. The van der Waals surface area contributed by atoms with Gasteiger partial charge in [0.15, 0.2) is 0 Å². The smallest absolute Gasteiger partial charge is 0.209 e. The molecular weight excluding hydrogens is 220 g/mol. The summed E-state index contributed by atoms with van der Waals surface area (Å²) in [7, 11) is -1.27. The van der Waals surface area contributed by atoms with Crippen molar-refractivity contribution in [3.63, 3.8) is 0 Å². The standard InChI is InChI=1S/C8H14N2O2S2/c1-6-7(4-5-9-2)13-8(10-6)14(3,11)12/h9H,4-5H2,1-3H3. The van der Waals surface area contributed by atoms with Gasteiger partial charge in [0, 0.05) is 11.1 Å². The molecule has 0 aliphatic carbocycles. The zero-order valence-corrected chi connectivity index (χ0v) is 10.1. The fourth-order valence-electron chi connectivity index (χ4n) is 1.03. The van der Waals surface area contributed by atoms with Gasteiger partial charge in [-0.3, -0.25) is 0 Å². The van der Waals surface area contributed by atoms with Crippen LogP contribution in [-0.4, -0.2) is 33.2 Å². The predicted molar refractivity (Wildman–Crippen MR) is 57.6 cm³/mol. The molecule has 0 radical (unpaired) electrons. The van der Waals surface area contributed by atoms with E-state index in [2.05, 4.69) is 10.3 Å². The molecule has 0 fully saturated rings. The lowest BCUT2D eigenvalue weighted by Crippen LogP contribution is -2.09. The Labute approximate surface area is 88.3 Å². The van der Waals surface area contributed by atoms with E-state index in [0.717, 1.165) is 23.5 Å². The number of hydrogen-bond donors (Lipinski definition) is 1. The largest absolute Gasteiger partial charge is 0.319 e. The van der Waals surface area contributed by atoms with Crippen LogP contribution in [0.1, 0.15) is 10.6 Å². The van der Waals surface area contributed by atoms with E-state index in [-0.39, 0.29) is 4.34 Å². The van der Waals surface area contributed by atoms with E-state index in [4.69, 9.17) is 0 Å². The fraction of sp³-hybridized carbons (Fsp3) is 0.625. The van der Waals surface area contributed by atoms with Crippen LogP contribution in [0.4, 0.5) is 0 Å². The van der Waals surface area contributed by atoms with Crippen LogP contribution in [-0.2, 0) is 16.3 Å². The Kier molecular flexibility index (Phi) is 3.63. The second kappa shape index (κ2) is 4.37. The molecule has 0 atom stereocenters. The van der Waals surface area contributed by atoms with Gasteiger partial charge in [0.05, 0.1) is 5.69 Å². The first kappa shape index (κ1) is 11.6. The summed E-state index contributed by atoms with van der Waals surface area (Å²) in [6, 6.07) is 0. The maximum absolute atomic E-state index is 11.2. The van der Waals surface area contributed by atoms with Crippen molar-refractivity contribution in [2.75, 3.05) is 19.8 Å². The average Bonchev–Trinajstić information content (AvgIpc) is 2.43. The molecule has 1 aromatic rings. The number of nitrogens with one attached hydrogen (secondary N) is 1. The summed E-state index contributed by atoms with van der Waals surface area (Å²) in [6.07, 6.45) is 2.02. The van der Waals surface area contributed by atoms with Gasteiger partial charge in [0.2, 0.25) is 14.2 Å². The number of aromatic nitrogens is 1. The van der Waals surface area contributed by atoms with E-state index in [1.807, 2.05) is 14.0 Å². The van der Waals surface area contributed by atoms with E-state index >= 15 is 0 Å². The molecular formula is C8H14N2O2S2. The minimum atomic E-state index is -3.14. The van der Waals surface area contributed by atoms with Crippen LogP contribution >= 0.6 is 11.3 Å². The Balaban J connectivity index is 2.94. The zero-order chi connectivity index (χ0) is 10.8. The number of nitrogens with zero attached hydrogens (tertiary/aromatic N) is 1. The highest BCUT2D eigenvalue weighted by Crippen LogP contribution is 2.22. The normalized spacial score (nSPS) is 11.9. The molecule has 1 aromatic heterocycles. The van der Waals surface area contributed by atoms with Crippen molar-refractivity contribution in [3.05, 3.63) is 10.6 Å². The van der Waals surface area contributed by atoms with Crippen molar-refractivity contribution >= 4 is 21.2 Å². The zero-order valence-electron chi connectivity index (χ0n) is 8.49. The third-order valence-corrected chi connectivity index (χ3v) is 4.69. The van der Waals surface area contributed by atoms with Crippen molar-refractivity contribution in [1.82, 2.24) is 10.3 Å². The molecule has 0 saturated heterocycles. The molecule has 0 spiro atoms. The van der Waals surface area contributed by atoms with Crippen LogP contribution in [0.5, 0.6) is 0 Å². The maximum atomic E-state index is 11.2. The van der Waals surface area contributed by atoms with Gasteiger partial charge in [-0.05, 0) is 26.9 Å². The highest BCUT2D eigenvalue weighted by atomic mass is 32.2. The monoisotopic (exact) mass is 234 g/mol. The molecule has 0 unspecified atom stereocenters. The van der Waals surface area contributed by atoms with Crippen LogP contribution in [0.15, 0.2) is 4.34 Å². The molecule has 0 bridgehead atoms. The van der Waals surface area contributed by atoms with Crippen molar-refractivity contribution in [3.8, 4) is 0 Å². The van der Waals surface area contributed by atoms with Gasteiger partial charge in [0.1, 0.15) is 0 Å². The maximum Gasteiger partial charge on any atom is 0.209 e. The number of aryl methyl sites for hydroxylation is 1. The lowest BCUT2D eigenvalue weighted by Gasteiger charge is -1.95. The van der Waals surface area contributed by atoms with Gasteiger partial charge < -0.3 is 5.32 Å². The summed E-state index contributed by atoms with van der Waals surface area (Å²) >= 11 is 1.27. The Bertz CT molecular complexity index is 409. The summed E-state index contributed by atoms with van der Waals surface area (Å²) in [5.41, 5.74) is 0.825. The molecule has 0 aliphatic rings. The molecule has 6 heteroatoms. The van der Waals surface area contributed by atoms with E-state index in [1.54, 1.807) is 0 Å². The number of likely N-dealkylation sites (N-methyl/N-ethyl adjacent to an activating group) is 1. The van der Waals surface area contributed by atoms with Gasteiger partial charge >= 0.3 is 0 Å². The second-order valence-electron chi connectivity index (χ2n) is 3.11. The van der Waals surface area contributed by atoms with Crippen LogP contribution in [0, 0.1) is 6.92 Å². The molecule has 0 aliphatic heterocycles. The minimum Gasteiger partial charge on any atom is -0.319 e. The molecule has 1 rings (SSSR count). The lowest BCUT2D eigenvalue weighted by molar-refractivity contribution is 0.601. The summed E-state index contributed by atoms with van der Waals surface area (Å²) in [4.78, 5) is 5.08. The Morgan fingerprint density at radius 3 is 2.57 bits per heavy atom. The Hall–Kier alpha value is -0.460. The van der Waals surface area contributed by atoms with Crippen molar-refractivity contribution in [2.45, 2.75) is 17.7 Å². The van der Waals surface area contributed by atoms with E-state index in [1.165, 1.54) is 17.6 Å². The molecule has 80 valence electrons. The van der Waals surface area contributed by atoms with Gasteiger partial charge in [-0.25, -0.2) is 13.4 Å². The van der Waals surface area contributed by atoms with Crippen molar-refractivity contribution in [1.29, 1.82) is 0 Å². The first-order valence-corrected chi connectivity index (χ1v) is 6.97. The van der Waals surface area contributed by atoms with Crippen LogP contribution in [0.25, 0.3) is 0 Å². The van der Waals surface area contributed by atoms with Gasteiger partial charge in [-0.15, -0.1) is 11.3 Å². The van der Waals surface area contributed by atoms with Gasteiger partial charge in [-0.2, -0.15) is 0 Å². The molecule has 14 heavy (non-hydrogen) atoms. The van der Waals surface area contributed by atoms with Gasteiger partial charge in [-0.1, -0.05) is 0 Å². The van der Waals surface area contributed by atoms with Crippen LogP contribution in [0.3, 0.4) is 0 Å². The molecule has 0 amide bonds. The third-order valence-electron chi connectivity index (χ3n) is 1.79. The lowest BCUT2D eigenvalue weighted by atomic mass is 10.3. The van der Waals surface area contributed by atoms with E-state index in [0.29, 0.717) is 0 Å². The SMILES string of the molecule is CNCCc1sc(S(C)(=O)=O)nc1C. The quantitative estimate of drug-likeness (QED) is 0.829. The third kappa shape index (κ3) is 2.76. The summed E-state index contributed by atoms with van der Waals surface area (Å²) in [6.45, 7) is 2.68. The molecule has 4 nitrogen and oxygen atoms in total. The molecule has 0 aromatic carbocycles. The number of thiazole rings is 1. The highest BCUT2D eigenvalue weighted by Gasteiger charge is 2.15. The van der Waals surface area contributed by atoms with Gasteiger partial charge in [0.25, 0.3) is 0 Å². The molecule has 0 saturated carbocycles. The van der Waals surface area contributed by atoms with Crippen molar-refractivity contribution < 1.29 is 8.42 Å². The number of hydrogen-bond acceptors (Lipinski definition) is 5. The summed E-state index contributed by atoms with van der Waals surface area (Å²) in [5.74, 6) is 0. The molecule has 1 heterocycles. The summed E-state index contributed by atoms with van der Waals surface area (Å²) in [5, 5.41) is 3.02. The first-order chi connectivity index (χ1) is 6.45. The minimum absolute atomic E-state index is 0.223. The average molecular weight is 234 g/mol.